The zero-order valence-electron chi connectivity index (χ0n) is 14.4. The number of hydrogen-bond donors (Lipinski definition) is 1. The maximum Gasteiger partial charge on any atom is 0.282 e. The van der Waals surface area contributed by atoms with E-state index in [-0.39, 0.29) is 17.3 Å². The molecule has 0 saturated carbocycles. The smallest absolute Gasteiger partial charge is 0.282 e. The molecule has 0 aliphatic carbocycles. The molecule has 0 heterocycles. The number of carbonyl (C=O) groups excluding carboxylic acids is 1. The minimum Gasteiger partial charge on any atom is -0.497 e. The first-order valence-corrected chi connectivity index (χ1v) is 7.76. The molecule has 25 heavy (non-hydrogen) atoms. The molecule has 0 fully saturated rings. The number of nitro benzene ring substituents is 1. The summed E-state index contributed by atoms with van der Waals surface area (Å²) in [5.74, 6) is 0.261. The average Bonchev–Trinajstić information content (AvgIpc) is 2.61. The van der Waals surface area contributed by atoms with Crippen LogP contribution in [0, 0.1) is 10.1 Å². The molecule has 1 amide bonds. The van der Waals surface area contributed by atoms with Crippen molar-refractivity contribution in [3.05, 3.63) is 69.8 Å². The molecule has 1 unspecified atom stereocenters. The monoisotopic (exact) mass is 343 g/mol. The van der Waals surface area contributed by atoms with Crippen LogP contribution in [0.3, 0.4) is 0 Å². The Hall–Kier alpha value is -2.93. The largest absolute Gasteiger partial charge is 0.497 e. The number of carbonyl (C=O) groups is 1. The van der Waals surface area contributed by atoms with Gasteiger partial charge in [0.25, 0.3) is 11.6 Å². The third-order valence-electron chi connectivity index (χ3n) is 3.90. The van der Waals surface area contributed by atoms with E-state index < -0.39 is 10.8 Å². The van der Waals surface area contributed by atoms with Crippen molar-refractivity contribution in [1.82, 2.24) is 10.2 Å². The lowest BCUT2D eigenvalue weighted by atomic mass is 10.1. The minimum absolute atomic E-state index is 0.0515. The van der Waals surface area contributed by atoms with Crippen molar-refractivity contribution in [3.8, 4) is 5.75 Å². The lowest BCUT2D eigenvalue weighted by Crippen LogP contribution is -2.34. The Morgan fingerprint density at radius 2 is 1.96 bits per heavy atom. The Morgan fingerprint density at radius 3 is 2.60 bits per heavy atom. The summed E-state index contributed by atoms with van der Waals surface area (Å²) in [6.45, 7) is 0.311. The molecule has 2 rings (SSSR count). The summed E-state index contributed by atoms with van der Waals surface area (Å²) in [6.07, 6.45) is 0. The normalized spacial score (nSPS) is 11.8. The molecule has 2 aromatic rings. The topological polar surface area (TPSA) is 84.7 Å². The molecule has 132 valence electrons. The number of methoxy groups -OCH3 is 1. The number of ether oxygens (including phenoxy) is 1. The number of nitrogens with one attached hydrogen (secondary N) is 1. The van der Waals surface area contributed by atoms with Crippen molar-refractivity contribution in [3.63, 3.8) is 0 Å². The highest BCUT2D eigenvalue weighted by atomic mass is 16.6. The van der Waals surface area contributed by atoms with Crippen molar-refractivity contribution in [2.45, 2.75) is 6.04 Å². The maximum absolute atomic E-state index is 12.4. The van der Waals surface area contributed by atoms with Gasteiger partial charge in [-0.1, -0.05) is 24.3 Å². The predicted molar refractivity (Wildman–Crippen MR) is 94.9 cm³/mol. The molecule has 0 bridgehead atoms. The van der Waals surface area contributed by atoms with Crippen molar-refractivity contribution < 1.29 is 14.5 Å². The molecule has 0 aromatic heterocycles. The van der Waals surface area contributed by atoms with Crippen LogP contribution in [0.15, 0.2) is 48.5 Å². The number of hydrogen-bond acceptors (Lipinski definition) is 5. The highest BCUT2D eigenvalue weighted by Crippen LogP contribution is 2.23. The van der Waals surface area contributed by atoms with Gasteiger partial charge in [-0.2, -0.15) is 0 Å². The van der Waals surface area contributed by atoms with E-state index in [1.165, 1.54) is 18.2 Å². The van der Waals surface area contributed by atoms with Gasteiger partial charge in [-0.3, -0.25) is 14.9 Å². The molecule has 0 saturated heterocycles. The maximum atomic E-state index is 12.4. The zero-order valence-corrected chi connectivity index (χ0v) is 14.4. The first-order valence-electron chi connectivity index (χ1n) is 7.76. The second-order valence-electron chi connectivity index (χ2n) is 5.74. The van der Waals surface area contributed by atoms with E-state index in [1.54, 1.807) is 13.2 Å². The van der Waals surface area contributed by atoms with Crippen LogP contribution < -0.4 is 10.1 Å². The fraction of sp³-hybridized carbons (Fsp3) is 0.278. The quantitative estimate of drug-likeness (QED) is 0.617. The zero-order chi connectivity index (χ0) is 18.4. The SMILES string of the molecule is COc1cccc(C(CNC(=O)c2ccccc2[N+](=O)[O-])N(C)C)c1. The first kappa shape index (κ1) is 18.4. The van der Waals surface area contributed by atoms with Crippen LogP contribution in [0.2, 0.25) is 0 Å². The van der Waals surface area contributed by atoms with Crippen LogP contribution in [0.25, 0.3) is 0 Å². The number of amides is 1. The summed E-state index contributed by atoms with van der Waals surface area (Å²) < 4.78 is 5.24. The number of likely N-dealkylation sites (N-methyl/N-ethyl adjacent to an activating group) is 1. The number of rotatable bonds is 7. The van der Waals surface area contributed by atoms with E-state index in [0.29, 0.717) is 6.54 Å². The third kappa shape index (κ3) is 4.54. The Labute approximate surface area is 146 Å². The van der Waals surface area contributed by atoms with Crippen molar-refractivity contribution in [2.75, 3.05) is 27.7 Å². The summed E-state index contributed by atoms with van der Waals surface area (Å²) in [4.78, 5) is 24.9. The van der Waals surface area contributed by atoms with Crippen molar-refractivity contribution in [2.24, 2.45) is 0 Å². The molecular weight excluding hydrogens is 322 g/mol. The Balaban J connectivity index is 2.16. The van der Waals surface area contributed by atoms with Crippen LogP contribution >= 0.6 is 0 Å². The van der Waals surface area contributed by atoms with Gasteiger partial charge in [0.1, 0.15) is 11.3 Å². The summed E-state index contributed by atoms with van der Waals surface area (Å²) in [5.41, 5.74) is 0.825. The highest BCUT2D eigenvalue weighted by molar-refractivity contribution is 5.98. The molecule has 0 radical (unpaired) electrons. The van der Waals surface area contributed by atoms with Gasteiger partial charge in [-0.15, -0.1) is 0 Å². The van der Waals surface area contributed by atoms with Gasteiger partial charge in [-0.05, 0) is 37.9 Å². The molecule has 1 atom stereocenters. The van der Waals surface area contributed by atoms with Gasteiger partial charge >= 0.3 is 0 Å². The van der Waals surface area contributed by atoms with Gasteiger partial charge in [-0.25, -0.2) is 0 Å². The van der Waals surface area contributed by atoms with Crippen molar-refractivity contribution >= 4 is 11.6 Å². The van der Waals surface area contributed by atoms with Gasteiger partial charge < -0.3 is 15.0 Å². The molecule has 0 spiro atoms. The molecule has 7 heteroatoms. The number of nitro groups is 1. The summed E-state index contributed by atoms with van der Waals surface area (Å²) in [7, 11) is 5.41. The first-order chi connectivity index (χ1) is 11.9. The Bertz CT molecular complexity index is 761. The summed E-state index contributed by atoms with van der Waals surface area (Å²) >= 11 is 0. The van der Waals surface area contributed by atoms with Crippen molar-refractivity contribution in [1.29, 1.82) is 0 Å². The lowest BCUT2D eigenvalue weighted by molar-refractivity contribution is -0.385. The Kier molecular flexibility index (Phi) is 6.08. The third-order valence-corrected chi connectivity index (χ3v) is 3.90. The molecule has 1 N–H and O–H groups in total. The number of benzene rings is 2. The van der Waals surface area contributed by atoms with E-state index in [9.17, 15) is 14.9 Å². The van der Waals surface area contributed by atoms with Crippen LogP contribution in [0.5, 0.6) is 5.75 Å². The second-order valence-corrected chi connectivity index (χ2v) is 5.74. The lowest BCUT2D eigenvalue weighted by Gasteiger charge is -2.25. The van der Waals surface area contributed by atoms with Gasteiger partial charge in [0.2, 0.25) is 0 Å². The standard InChI is InChI=1S/C18H21N3O4/c1-20(2)17(13-7-6-8-14(11-13)25-3)12-19-18(22)15-9-4-5-10-16(15)21(23)24/h4-11,17H,12H2,1-3H3,(H,19,22). The van der Waals surface area contributed by atoms with E-state index in [2.05, 4.69) is 5.32 Å². The predicted octanol–water partition coefficient (Wildman–Crippen LogP) is 2.64. The van der Waals surface area contributed by atoms with E-state index in [0.717, 1.165) is 11.3 Å². The minimum atomic E-state index is -0.555. The van der Waals surface area contributed by atoms with Crippen LogP contribution in [-0.4, -0.2) is 43.5 Å². The van der Waals surface area contributed by atoms with Crippen LogP contribution in [-0.2, 0) is 0 Å². The molecule has 2 aromatic carbocycles. The fourth-order valence-corrected chi connectivity index (χ4v) is 2.56. The van der Waals surface area contributed by atoms with E-state index in [1.807, 2.05) is 43.3 Å². The van der Waals surface area contributed by atoms with Gasteiger partial charge in [0.05, 0.1) is 18.1 Å². The van der Waals surface area contributed by atoms with Crippen LogP contribution in [0.4, 0.5) is 5.69 Å². The number of para-hydroxylation sites is 1. The Morgan fingerprint density at radius 1 is 1.24 bits per heavy atom. The van der Waals surface area contributed by atoms with Crippen LogP contribution in [0.1, 0.15) is 22.0 Å². The fourth-order valence-electron chi connectivity index (χ4n) is 2.56. The van der Waals surface area contributed by atoms with E-state index >= 15 is 0 Å². The van der Waals surface area contributed by atoms with Gasteiger partial charge in [0.15, 0.2) is 0 Å². The average molecular weight is 343 g/mol. The summed E-state index contributed by atoms with van der Waals surface area (Å²) in [6, 6.07) is 13.4. The highest BCUT2D eigenvalue weighted by Gasteiger charge is 2.21. The van der Waals surface area contributed by atoms with E-state index in [4.69, 9.17) is 4.74 Å². The summed E-state index contributed by atoms with van der Waals surface area (Å²) in [5, 5.41) is 13.9. The molecule has 7 nitrogen and oxygen atoms in total. The van der Waals surface area contributed by atoms with Gasteiger partial charge in [0, 0.05) is 12.6 Å². The second kappa shape index (κ2) is 8.25. The number of nitrogens with zero attached hydrogens (tertiary/aromatic N) is 2. The molecule has 0 aliphatic heterocycles. The molecule has 0 aliphatic rings. The molecular formula is C18H21N3O4.